The highest BCUT2D eigenvalue weighted by molar-refractivity contribution is 5.02. The van der Waals surface area contributed by atoms with Gasteiger partial charge in [-0.1, -0.05) is 0 Å². The summed E-state index contributed by atoms with van der Waals surface area (Å²) in [5.74, 6) is 1.15. The number of hydrogen-bond donors (Lipinski definition) is 1. The maximum atomic E-state index is 9.04. The average molecular weight is 172 g/mol. The number of aliphatic hydroxyl groups is 1. The van der Waals surface area contributed by atoms with Gasteiger partial charge in [-0.25, -0.2) is 0 Å². The van der Waals surface area contributed by atoms with Crippen LogP contribution in [0.5, 0.6) is 0 Å². The van der Waals surface area contributed by atoms with Crippen molar-refractivity contribution in [1.29, 1.82) is 0 Å². The highest BCUT2D eigenvalue weighted by Gasteiger charge is 2.25. The third-order valence-corrected chi connectivity index (χ3v) is 2.37. The van der Waals surface area contributed by atoms with E-state index in [0.717, 1.165) is 18.6 Å². The third-order valence-electron chi connectivity index (χ3n) is 2.37. The zero-order chi connectivity index (χ0) is 8.97. The molecule has 1 N–H and O–H groups in total. The molecule has 0 aromatic rings. The van der Waals surface area contributed by atoms with Crippen LogP contribution in [0.3, 0.4) is 0 Å². The molecule has 0 aromatic heterocycles. The molecule has 2 atom stereocenters. The zero-order valence-electron chi connectivity index (χ0n) is 7.62. The first-order valence-electron chi connectivity index (χ1n) is 4.18. The van der Waals surface area contributed by atoms with E-state index in [1.165, 1.54) is 0 Å². The molecule has 1 aliphatic carbocycles. The molecule has 0 aliphatic heterocycles. The van der Waals surface area contributed by atoms with Gasteiger partial charge in [-0.3, -0.25) is 0 Å². The smallest absolute Gasteiger partial charge is 0.0921 e. The van der Waals surface area contributed by atoms with Crippen LogP contribution in [0.4, 0.5) is 0 Å². The third kappa shape index (κ3) is 1.99. The van der Waals surface area contributed by atoms with Gasteiger partial charge >= 0.3 is 0 Å². The van der Waals surface area contributed by atoms with Crippen molar-refractivity contribution >= 4 is 0 Å². The Balaban J connectivity index is 2.56. The summed E-state index contributed by atoms with van der Waals surface area (Å²) < 4.78 is 10.3. The van der Waals surface area contributed by atoms with Gasteiger partial charge in [0, 0.05) is 26.1 Å². The van der Waals surface area contributed by atoms with E-state index in [9.17, 15) is 0 Å². The molecule has 0 radical (unpaired) electrons. The van der Waals surface area contributed by atoms with Crippen molar-refractivity contribution in [3.63, 3.8) is 0 Å². The van der Waals surface area contributed by atoms with Crippen molar-refractivity contribution in [3.05, 3.63) is 11.8 Å². The minimum atomic E-state index is 0.147. The molecule has 0 spiro atoms. The molecule has 3 heteroatoms. The zero-order valence-corrected chi connectivity index (χ0v) is 7.62. The fourth-order valence-corrected chi connectivity index (χ4v) is 1.55. The van der Waals surface area contributed by atoms with Crippen LogP contribution in [0, 0.1) is 5.92 Å². The molecule has 1 unspecified atom stereocenters. The topological polar surface area (TPSA) is 38.7 Å². The summed E-state index contributed by atoms with van der Waals surface area (Å²) >= 11 is 0. The van der Waals surface area contributed by atoms with E-state index >= 15 is 0 Å². The molecule has 0 heterocycles. The van der Waals surface area contributed by atoms with Crippen LogP contribution in [0.15, 0.2) is 11.8 Å². The molecular weight excluding hydrogens is 156 g/mol. The number of allylic oxidation sites excluding steroid dienone is 1. The second-order valence-electron chi connectivity index (χ2n) is 3.03. The molecule has 3 nitrogen and oxygen atoms in total. The van der Waals surface area contributed by atoms with Gasteiger partial charge in [0.15, 0.2) is 0 Å². The maximum Gasteiger partial charge on any atom is 0.0921 e. The van der Waals surface area contributed by atoms with E-state index in [1.54, 1.807) is 14.2 Å². The Morgan fingerprint density at radius 1 is 1.58 bits per heavy atom. The lowest BCUT2D eigenvalue weighted by molar-refractivity contribution is 0.0148. The maximum absolute atomic E-state index is 9.04. The van der Waals surface area contributed by atoms with Crippen LogP contribution in [0.1, 0.15) is 12.8 Å². The van der Waals surface area contributed by atoms with Gasteiger partial charge < -0.3 is 14.6 Å². The number of rotatable bonds is 3. The Hall–Kier alpha value is -0.540. The average Bonchev–Trinajstić information content (AvgIpc) is 2.16. The van der Waals surface area contributed by atoms with Crippen LogP contribution in [-0.2, 0) is 9.47 Å². The number of methoxy groups -OCH3 is 2. The molecule has 0 amide bonds. The summed E-state index contributed by atoms with van der Waals surface area (Å²) in [6.07, 6.45) is 3.80. The van der Waals surface area contributed by atoms with Crippen LogP contribution >= 0.6 is 0 Å². The normalized spacial score (nSPS) is 29.8. The van der Waals surface area contributed by atoms with Gasteiger partial charge in [0.1, 0.15) is 0 Å². The van der Waals surface area contributed by atoms with Crippen molar-refractivity contribution in [2.24, 2.45) is 5.92 Å². The summed E-state index contributed by atoms with van der Waals surface area (Å²) in [5.41, 5.74) is 0. The van der Waals surface area contributed by atoms with Crippen molar-refractivity contribution < 1.29 is 14.6 Å². The monoisotopic (exact) mass is 172 g/mol. The lowest BCUT2D eigenvalue weighted by Gasteiger charge is -2.28. The summed E-state index contributed by atoms with van der Waals surface area (Å²) in [6, 6.07) is 0. The molecular formula is C9H16O3. The Bertz CT molecular complexity index is 165. The van der Waals surface area contributed by atoms with Crippen LogP contribution < -0.4 is 0 Å². The van der Waals surface area contributed by atoms with E-state index in [-0.39, 0.29) is 18.6 Å². The summed E-state index contributed by atoms with van der Waals surface area (Å²) in [4.78, 5) is 0. The van der Waals surface area contributed by atoms with E-state index in [4.69, 9.17) is 14.6 Å². The fraction of sp³-hybridized carbons (Fsp3) is 0.778. The number of ether oxygens (including phenoxy) is 2. The Labute approximate surface area is 73.0 Å². The van der Waals surface area contributed by atoms with E-state index < -0.39 is 0 Å². The van der Waals surface area contributed by atoms with Crippen molar-refractivity contribution in [2.75, 3.05) is 20.8 Å². The molecule has 12 heavy (non-hydrogen) atoms. The van der Waals surface area contributed by atoms with E-state index in [1.807, 2.05) is 6.08 Å². The number of aliphatic hydroxyl groups excluding tert-OH is 1. The van der Waals surface area contributed by atoms with Gasteiger partial charge in [-0.15, -0.1) is 0 Å². The minimum Gasteiger partial charge on any atom is -0.501 e. The predicted molar refractivity (Wildman–Crippen MR) is 45.7 cm³/mol. The molecule has 0 bridgehead atoms. The van der Waals surface area contributed by atoms with Gasteiger partial charge in [0.2, 0.25) is 0 Å². The molecule has 0 aromatic carbocycles. The van der Waals surface area contributed by atoms with E-state index in [0.29, 0.717) is 0 Å². The molecule has 0 saturated carbocycles. The lowest BCUT2D eigenvalue weighted by atomic mass is 9.91. The van der Waals surface area contributed by atoms with Crippen molar-refractivity contribution in [2.45, 2.75) is 18.9 Å². The largest absolute Gasteiger partial charge is 0.501 e. The first-order chi connectivity index (χ1) is 5.81. The van der Waals surface area contributed by atoms with Crippen molar-refractivity contribution in [1.82, 2.24) is 0 Å². The summed E-state index contributed by atoms with van der Waals surface area (Å²) in [5, 5.41) is 9.04. The van der Waals surface area contributed by atoms with Gasteiger partial charge in [0.05, 0.1) is 19.0 Å². The van der Waals surface area contributed by atoms with Crippen LogP contribution in [0.2, 0.25) is 0 Å². The summed E-state index contributed by atoms with van der Waals surface area (Å²) in [7, 11) is 3.34. The molecule has 0 fully saturated rings. The summed E-state index contributed by atoms with van der Waals surface area (Å²) in [6.45, 7) is 0.166. The minimum absolute atomic E-state index is 0.147. The van der Waals surface area contributed by atoms with Crippen LogP contribution in [0.25, 0.3) is 0 Å². The van der Waals surface area contributed by atoms with E-state index in [2.05, 4.69) is 0 Å². The highest BCUT2D eigenvalue weighted by Crippen LogP contribution is 2.26. The second-order valence-corrected chi connectivity index (χ2v) is 3.03. The van der Waals surface area contributed by atoms with Crippen LogP contribution in [-0.4, -0.2) is 32.0 Å². The molecule has 1 aliphatic rings. The Morgan fingerprint density at radius 2 is 2.33 bits per heavy atom. The SMILES string of the molecule is COC1=CC[C@@H](OC)C(CO)C1. The van der Waals surface area contributed by atoms with Gasteiger partial charge in [-0.2, -0.15) is 0 Å². The second kappa shape index (κ2) is 4.48. The Kier molecular flexibility index (Phi) is 3.56. The molecule has 0 saturated heterocycles. The van der Waals surface area contributed by atoms with Gasteiger partial charge in [-0.05, 0) is 12.5 Å². The van der Waals surface area contributed by atoms with Gasteiger partial charge in [0.25, 0.3) is 0 Å². The fourth-order valence-electron chi connectivity index (χ4n) is 1.55. The molecule has 70 valence electrons. The lowest BCUT2D eigenvalue weighted by Crippen LogP contribution is -2.29. The highest BCUT2D eigenvalue weighted by atomic mass is 16.5. The quantitative estimate of drug-likeness (QED) is 0.688. The standard InChI is InChI=1S/C9H16O3/c1-11-8-3-4-9(12-2)7(5-8)6-10/h3,7,9-10H,4-6H2,1-2H3/t7?,9-/m1/s1. The number of hydrogen-bond acceptors (Lipinski definition) is 3. The first-order valence-corrected chi connectivity index (χ1v) is 4.18. The first kappa shape index (κ1) is 9.55. The van der Waals surface area contributed by atoms with Crippen molar-refractivity contribution in [3.8, 4) is 0 Å². The predicted octanol–water partition coefficient (Wildman–Crippen LogP) is 0.934. The Morgan fingerprint density at radius 3 is 2.83 bits per heavy atom. The molecule has 1 rings (SSSR count).